The lowest BCUT2D eigenvalue weighted by molar-refractivity contribution is -0.143. The molecule has 0 aliphatic carbocycles. The summed E-state index contributed by atoms with van der Waals surface area (Å²) < 4.78 is 10.7. The predicted octanol–water partition coefficient (Wildman–Crippen LogP) is 1.03. The van der Waals surface area contributed by atoms with Crippen molar-refractivity contribution in [1.29, 1.82) is 0 Å². The average molecular weight is 449 g/mol. The van der Waals surface area contributed by atoms with Gasteiger partial charge in [0.1, 0.15) is 5.54 Å². The van der Waals surface area contributed by atoms with Gasteiger partial charge in [0.05, 0.1) is 24.5 Å². The van der Waals surface area contributed by atoms with Crippen molar-refractivity contribution in [1.82, 2.24) is 10.2 Å². The van der Waals surface area contributed by atoms with Crippen LogP contribution in [0.1, 0.15) is 23.6 Å². The molecule has 9 heteroatoms. The first-order valence-electron chi connectivity index (χ1n) is 10.9. The largest absolute Gasteiger partial charge is 0.454 e. The molecule has 3 N–H and O–H groups in total. The minimum absolute atomic E-state index is 0.0478. The number of carbonyl (C=O) groups excluding carboxylic acids is 3. The second-order valence-corrected chi connectivity index (χ2v) is 9.18. The van der Waals surface area contributed by atoms with E-state index >= 15 is 0 Å². The van der Waals surface area contributed by atoms with Crippen molar-refractivity contribution >= 4 is 23.4 Å². The van der Waals surface area contributed by atoms with E-state index < -0.39 is 41.3 Å². The number of fused-ring (bicyclic) bond motifs is 5. The minimum Gasteiger partial charge on any atom is -0.454 e. The van der Waals surface area contributed by atoms with Crippen LogP contribution in [-0.4, -0.2) is 46.7 Å². The van der Waals surface area contributed by atoms with E-state index in [2.05, 4.69) is 10.6 Å². The number of nitrogens with zero attached hydrogens (tertiary/aromatic N) is 1. The van der Waals surface area contributed by atoms with Gasteiger partial charge in [-0.25, -0.2) is 0 Å². The van der Waals surface area contributed by atoms with Gasteiger partial charge in [0, 0.05) is 17.3 Å². The fourth-order valence-electron chi connectivity index (χ4n) is 5.70. The summed E-state index contributed by atoms with van der Waals surface area (Å²) in [6, 6.07) is 10.1. The zero-order chi connectivity index (χ0) is 23.1. The van der Waals surface area contributed by atoms with E-state index in [4.69, 9.17) is 9.47 Å². The van der Waals surface area contributed by atoms with E-state index in [1.807, 2.05) is 19.1 Å². The van der Waals surface area contributed by atoms with Crippen molar-refractivity contribution in [2.24, 2.45) is 11.8 Å². The number of hydrogen-bond donors (Lipinski definition) is 3. The highest BCUT2D eigenvalue weighted by molar-refractivity contribution is 6.15. The molecule has 0 bridgehead atoms. The summed E-state index contributed by atoms with van der Waals surface area (Å²) in [5.74, 6) is -1.85. The van der Waals surface area contributed by atoms with Gasteiger partial charge in [0.25, 0.3) is 0 Å². The monoisotopic (exact) mass is 449 g/mol. The zero-order valence-corrected chi connectivity index (χ0v) is 18.1. The number of amides is 3. The molecule has 33 heavy (non-hydrogen) atoms. The molecule has 2 fully saturated rings. The van der Waals surface area contributed by atoms with Gasteiger partial charge in [-0.05, 0) is 37.6 Å². The first-order valence-corrected chi connectivity index (χ1v) is 10.9. The molecular formula is C24H23N3O6. The second-order valence-electron chi connectivity index (χ2n) is 9.18. The molecule has 2 aromatic carbocycles. The topological polar surface area (TPSA) is 117 Å². The Labute approximate surface area is 189 Å². The number of aliphatic hydroxyl groups excluding tert-OH is 1. The fourth-order valence-corrected chi connectivity index (χ4v) is 5.70. The molecule has 4 aliphatic rings. The fraction of sp³-hybridized carbons (Fsp3) is 0.375. The molecule has 2 saturated heterocycles. The van der Waals surface area contributed by atoms with Crippen LogP contribution >= 0.6 is 0 Å². The molecule has 0 radical (unpaired) electrons. The summed E-state index contributed by atoms with van der Waals surface area (Å²) in [4.78, 5) is 41.9. The average Bonchev–Trinajstić information content (AvgIpc) is 3.51. The molecule has 170 valence electrons. The molecule has 0 saturated carbocycles. The van der Waals surface area contributed by atoms with Crippen molar-refractivity contribution in [2.75, 3.05) is 12.1 Å². The minimum atomic E-state index is -1.41. The van der Waals surface area contributed by atoms with Gasteiger partial charge in [-0.15, -0.1) is 0 Å². The van der Waals surface area contributed by atoms with Gasteiger partial charge in [-0.3, -0.25) is 24.6 Å². The Morgan fingerprint density at radius 1 is 1.12 bits per heavy atom. The number of ether oxygens (including phenoxy) is 2. The first kappa shape index (κ1) is 20.2. The zero-order valence-electron chi connectivity index (χ0n) is 18.1. The third-order valence-electron chi connectivity index (χ3n) is 7.19. The molecular weight excluding hydrogens is 426 g/mol. The lowest BCUT2D eigenvalue weighted by Gasteiger charge is -2.30. The molecule has 9 nitrogen and oxygen atoms in total. The summed E-state index contributed by atoms with van der Waals surface area (Å²) in [7, 11) is 0. The highest BCUT2D eigenvalue weighted by Crippen LogP contribution is 2.53. The van der Waals surface area contributed by atoms with Crippen molar-refractivity contribution < 1.29 is 29.0 Å². The van der Waals surface area contributed by atoms with Crippen molar-refractivity contribution in [3.8, 4) is 11.5 Å². The number of anilines is 1. The Morgan fingerprint density at radius 2 is 1.91 bits per heavy atom. The van der Waals surface area contributed by atoms with Gasteiger partial charge in [0.2, 0.25) is 24.5 Å². The lowest BCUT2D eigenvalue weighted by Crippen LogP contribution is -2.54. The number of likely N-dealkylation sites (tertiary alicyclic amines) is 1. The third kappa shape index (κ3) is 2.63. The van der Waals surface area contributed by atoms with Gasteiger partial charge < -0.3 is 19.9 Å². The standard InChI is InChI=1S/C24H23N3O6/c1-11-3-5-15-14(7-11)24(23(31)25-15)19-18(20(26-24)12(2)28)21(29)27(22(19)30)9-13-4-6-16-17(8-13)33-10-32-16/h3-8,12,18-20,26,28H,9-10H2,1-2H3,(H,25,31)/t12-,18-,19-,20+,24+/m0/s1. The quantitative estimate of drug-likeness (QED) is 0.599. The molecule has 6 rings (SSSR count). The highest BCUT2D eigenvalue weighted by Gasteiger charge is 2.71. The molecule has 4 heterocycles. The number of aliphatic hydroxyl groups is 1. The van der Waals surface area contributed by atoms with Crippen LogP contribution in [-0.2, 0) is 26.5 Å². The number of nitrogens with one attached hydrogen (secondary N) is 2. The highest BCUT2D eigenvalue weighted by atomic mass is 16.7. The van der Waals surface area contributed by atoms with E-state index in [9.17, 15) is 19.5 Å². The summed E-state index contributed by atoms with van der Waals surface area (Å²) in [6.45, 7) is 3.65. The number of rotatable bonds is 3. The van der Waals surface area contributed by atoms with Crippen molar-refractivity contribution in [3.05, 3.63) is 53.1 Å². The van der Waals surface area contributed by atoms with E-state index in [0.29, 0.717) is 28.3 Å². The van der Waals surface area contributed by atoms with Crippen LogP contribution in [0.2, 0.25) is 0 Å². The van der Waals surface area contributed by atoms with Gasteiger partial charge in [0.15, 0.2) is 11.5 Å². The first-order chi connectivity index (χ1) is 15.8. The van der Waals surface area contributed by atoms with Crippen LogP contribution in [0.25, 0.3) is 0 Å². The molecule has 5 atom stereocenters. The molecule has 0 unspecified atom stereocenters. The maximum atomic E-state index is 13.8. The second kappa shape index (κ2) is 6.79. The number of carbonyl (C=O) groups is 3. The van der Waals surface area contributed by atoms with Crippen LogP contribution < -0.4 is 20.1 Å². The molecule has 1 spiro atoms. The summed E-state index contributed by atoms with van der Waals surface area (Å²) >= 11 is 0. The Balaban J connectivity index is 1.42. The smallest absolute Gasteiger partial charge is 0.250 e. The lowest BCUT2D eigenvalue weighted by atomic mass is 9.76. The van der Waals surface area contributed by atoms with Crippen LogP contribution in [0.4, 0.5) is 5.69 Å². The van der Waals surface area contributed by atoms with Crippen LogP contribution in [0.5, 0.6) is 11.5 Å². The molecule has 0 aromatic heterocycles. The van der Waals surface area contributed by atoms with E-state index in [-0.39, 0.29) is 19.2 Å². The van der Waals surface area contributed by atoms with Crippen LogP contribution in [0.3, 0.4) is 0 Å². The summed E-state index contributed by atoms with van der Waals surface area (Å²) in [6.07, 6.45) is -0.944. The molecule has 2 aromatic rings. The van der Waals surface area contributed by atoms with E-state index in [1.165, 1.54) is 4.90 Å². The van der Waals surface area contributed by atoms with Gasteiger partial charge in [-0.1, -0.05) is 23.8 Å². The summed E-state index contributed by atoms with van der Waals surface area (Å²) in [5.41, 5.74) is 1.47. The van der Waals surface area contributed by atoms with Crippen molar-refractivity contribution in [2.45, 2.75) is 38.1 Å². The number of benzene rings is 2. The van der Waals surface area contributed by atoms with Crippen LogP contribution in [0.15, 0.2) is 36.4 Å². The number of imide groups is 1. The maximum Gasteiger partial charge on any atom is 0.250 e. The van der Waals surface area contributed by atoms with E-state index in [0.717, 1.165) is 5.56 Å². The molecule has 4 aliphatic heterocycles. The Hall–Kier alpha value is -3.43. The number of aryl methyl sites for hydroxylation is 1. The number of hydrogen-bond acceptors (Lipinski definition) is 7. The van der Waals surface area contributed by atoms with Crippen molar-refractivity contribution in [3.63, 3.8) is 0 Å². The van der Waals surface area contributed by atoms with E-state index in [1.54, 1.807) is 31.2 Å². The SMILES string of the molecule is Cc1ccc2c(c1)[C@]1(N[C@H]([C@H](C)O)[C@H]3C(=O)N(Cc4ccc5c(c4)OCO5)C(=O)[C@H]31)C(=O)N2. The normalized spacial score (nSPS) is 30.1. The maximum absolute atomic E-state index is 13.8. The Kier molecular flexibility index (Phi) is 4.15. The van der Waals surface area contributed by atoms with Gasteiger partial charge >= 0.3 is 0 Å². The third-order valence-corrected chi connectivity index (χ3v) is 7.19. The Morgan fingerprint density at radius 3 is 2.70 bits per heavy atom. The Bertz CT molecular complexity index is 1230. The molecule has 3 amide bonds. The summed E-state index contributed by atoms with van der Waals surface area (Å²) in [5, 5.41) is 16.6. The van der Waals surface area contributed by atoms with Crippen LogP contribution in [0, 0.1) is 18.8 Å². The predicted molar refractivity (Wildman–Crippen MR) is 115 cm³/mol. The van der Waals surface area contributed by atoms with Gasteiger partial charge in [-0.2, -0.15) is 0 Å².